The number of benzene rings is 1. The second-order valence-electron chi connectivity index (χ2n) is 5.58. The fourth-order valence-electron chi connectivity index (χ4n) is 2.37. The Morgan fingerprint density at radius 2 is 2.19 bits per heavy atom. The third-order valence-corrected chi connectivity index (χ3v) is 3.82. The fraction of sp³-hybridized carbons (Fsp3) is 0.278. The van der Waals surface area contributed by atoms with Crippen LogP contribution < -0.4 is 10.6 Å². The molecule has 26 heavy (non-hydrogen) atoms. The summed E-state index contributed by atoms with van der Waals surface area (Å²) in [4.78, 5) is 9.00. The minimum atomic E-state index is 0.556. The Bertz CT molecular complexity index is 843. The number of nitrogens with one attached hydrogen (secondary N) is 3. The van der Waals surface area contributed by atoms with Crippen LogP contribution in [0.15, 0.2) is 52.1 Å². The van der Waals surface area contributed by atoms with E-state index in [1.165, 1.54) is 0 Å². The standard InChI is InChI=1S/C18H21ClN6O/c1-2-20-18(22-12-13-5-3-6-14(19)11-13)21-9-8-16-23-17(25-24-16)15-7-4-10-26-15/h3-7,10-11H,2,8-9,12H2,1H3,(H2,20,21,22)(H,23,24,25). The predicted molar refractivity (Wildman–Crippen MR) is 102 cm³/mol. The smallest absolute Gasteiger partial charge is 0.216 e. The molecular formula is C18H21ClN6O. The summed E-state index contributed by atoms with van der Waals surface area (Å²) < 4.78 is 5.29. The molecule has 0 radical (unpaired) electrons. The molecular weight excluding hydrogens is 352 g/mol. The number of H-pyrrole nitrogens is 1. The maximum Gasteiger partial charge on any atom is 0.216 e. The van der Waals surface area contributed by atoms with Gasteiger partial charge in [0.05, 0.1) is 12.8 Å². The quantitative estimate of drug-likeness (QED) is 0.438. The van der Waals surface area contributed by atoms with Crippen molar-refractivity contribution in [3.63, 3.8) is 0 Å². The molecule has 8 heteroatoms. The summed E-state index contributed by atoms with van der Waals surface area (Å²) in [6.45, 7) is 4.05. The molecule has 0 saturated heterocycles. The van der Waals surface area contributed by atoms with E-state index in [-0.39, 0.29) is 0 Å². The highest BCUT2D eigenvalue weighted by Crippen LogP contribution is 2.14. The fourth-order valence-corrected chi connectivity index (χ4v) is 2.58. The van der Waals surface area contributed by atoms with E-state index in [1.807, 2.05) is 43.3 Å². The van der Waals surface area contributed by atoms with E-state index in [0.717, 1.165) is 23.9 Å². The molecule has 0 saturated carbocycles. The first kappa shape index (κ1) is 18.0. The molecule has 7 nitrogen and oxygen atoms in total. The molecule has 0 amide bonds. The highest BCUT2D eigenvalue weighted by molar-refractivity contribution is 6.30. The van der Waals surface area contributed by atoms with Crippen molar-refractivity contribution in [1.29, 1.82) is 0 Å². The van der Waals surface area contributed by atoms with Gasteiger partial charge in [-0.2, -0.15) is 5.10 Å². The van der Waals surface area contributed by atoms with E-state index in [2.05, 4.69) is 30.8 Å². The van der Waals surface area contributed by atoms with Gasteiger partial charge in [-0.15, -0.1) is 0 Å². The van der Waals surface area contributed by atoms with Crippen LogP contribution in [0.2, 0.25) is 5.02 Å². The van der Waals surface area contributed by atoms with Crippen molar-refractivity contribution in [2.75, 3.05) is 13.1 Å². The molecule has 0 aliphatic heterocycles. The number of hydrogen-bond donors (Lipinski definition) is 3. The highest BCUT2D eigenvalue weighted by atomic mass is 35.5. The maximum atomic E-state index is 6.01. The van der Waals surface area contributed by atoms with Gasteiger partial charge in [0.15, 0.2) is 11.7 Å². The van der Waals surface area contributed by atoms with Gasteiger partial charge in [0.2, 0.25) is 5.82 Å². The van der Waals surface area contributed by atoms with Gasteiger partial charge in [-0.25, -0.2) is 9.98 Å². The molecule has 2 aromatic heterocycles. The summed E-state index contributed by atoms with van der Waals surface area (Å²) in [6, 6.07) is 11.3. The van der Waals surface area contributed by atoms with E-state index in [9.17, 15) is 0 Å². The Morgan fingerprint density at radius 1 is 1.27 bits per heavy atom. The van der Waals surface area contributed by atoms with E-state index < -0.39 is 0 Å². The van der Waals surface area contributed by atoms with Crippen molar-refractivity contribution in [3.8, 4) is 11.6 Å². The Morgan fingerprint density at radius 3 is 2.96 bits per heavy atom. The van der Waals surface area contributed by atoms with Gasteiger partial charge in [-0.3, -0.25) is 5.10 Å². The number of hydrogen-bond acceptors (Lipinski definition) is 4. The van der Waals surface area contributed by atoms with Gasteiger partial charge in [-0.1, -0.05) is 23.7 Å². The van der Waals surface area contributed by atoms with Crippen molar-refractivity contribution in [3.05, 3.63) is 59.1 Å². The van der Waals surface area contributed by atoms with Gasteiger partial charge in [0.25, 0.3) is 0 Å². The Kier molecular flexibility index (Phi) is 6.27. The summed E-state index contributed by atoms with van der Waals surface area (Å²) in [6.07, 6.45) is 2.29. The van der Waals surface area contributed by atoms with Crippen LogP contribution >= 0.6 is 11.6 Å². The number of halogens is 1. The van der Waals surface area contributed by atoms with Crippen molar-refractivity contribution >= 4 is 17.6 Å². The molecule has 0 aliphatic carbocycles. The minimum absolute atomic E-state index is 0.556. The summed E-state index contributed by atoms with van der Waals surface area (Å²) in [7, 11) is 0. The van der Waals surface area contributed by atoms with E-state index in [1.54, 1.807) is 6.26 Å². The molecule has 0 bridgehead atoms. The molecule has 0 spiro atoms. The van der Waals surface area contributed by atoms with Crippen LogP contribution in [0.3, 0.4) is 0 Å². The first-order valence-electron chi connectivity index (χ1n) is 8.46. The lowest BCUT2D eigenvalue weighted by Gasteiger charge is -2.10. The van der Waals surface area contributed by atoms with Crippen LogP contribution in [0, 0.1) is 0 Å². The van der Waals surface area contributed by atoms with Gasteiger partial charge in [-0.05, 0) is 36.8 Å². The average Bonchev–Trinajstić information content (AvgIpc) is 3.31. The third-order valence-electron chi connectivity index (χ3n) is 3.58. The van der Waals surface area contributed by atoms with Crippen LogP contribution in [0.25, 0.3) is 11.6 Å². The van der Waals surface area contributed by atoms with E-state index >= 15 is 0 Å². The molecule has 0 fully saturated rings. The molecule has 3 aromatic rings. The number of nitrogens with zero attached hydrogens (tertiary/aromatic N) is 3. The number of rotatable bonds is 7. The maximum absolute atomic E-state index is 6.01. The molecule has 3 rings (SSSR count). The monoisotopic (exact) mass is 372 g/mol. The summed E-state index contributed by atoms with van der Waals surface area (Å²) in [5, 5.41) is 14.3. The van der Waals surface area contributed by atoms with Crippen LogP contribution in [0.4, 0.5) is 0 Å². The van der Waals surface area contributed by atoms with Gasteiger partial charge in [0.1, 0.15) is 5.82 Å². The van der Waals surface area contributed by atoms with E-state index in [0.29, 0.717) is 36.1 Å². The predicted octanol–water partition coefficient (Wildman–Crippen LogP) is 3.02. The van der Waals surface area contributed by atoms with E-state index in [4.69, 9.17) is 16.0 Å². The summed E-state index contributed by atoms with van der Waals surface area (Å²) >= 11 is 6.01. The average molecular weight is 373 g/mol. The number of aromatic nitrogens is 3. The van der Waals surface area contributed by atoms with Gasteiger partial charge < -0.3 is 15.1 Å². The summed E-state index contributed by atoms with van der Waals surface area (Å²) in [5.41, 5.74) is 1.06. The molecule has 0 atom stereocenters. The molecule has 2 heterocycles. The molecule has 0 aliphatic rings. The topological polar surface area (TPSA) is 91.1 Å². The number of aromatic amines is 1. The normalized spacial score (nSPS) is 11.5. The van der Waals surface area contributed by atoms with Crippen molar-refractivity contribution in [2.24, 2.45) is 4.99 Å². The van der Waals surface area contributed by atoms with Gasteiger partial charge in [0, 0.05) is 24.5 Å². The Hall–Kier alpha value is -2.80. The molecule has 136 valence electrons. The second kappa shape index (κ2) is 9.05. The summed E-state index contributed by atoms with van der Waals surface area (Å²) in [5.74, 6) is 2.75. The second-order valence-corrected chi connectivity index (χ2v) is 6.02. The lowest BCUT2D eigenvalue weighted by atomic mass is 10.2. The minimum Gasteiger partial charge on any atom is -0.461 e. The first-order chi connectivity index (χ1) is 12.7. The zero-order valence-electron chi connectivity index (χ0n) is 14.5. The molecule has 0 unspecified atom stereocenters. The van der Waals surface area contributed by atoms with Crippen molar-refractivity contribution in [1.82, 2.24) is 25.8 Å². The van der Waals surface area contributed by atoms with Crippen LogP contribution in [0.1, 0.15) is 18.3 Å². The number of aliphatic imine (C=N–C) groups is 1. The highest BCUT2D eigenvalue weighted by Gasteiger charge is 2.08. The lowest BCUT2D eigenvalue weighted by molar-refractivity contribution is 0.577. The Balaban J connectivity index is 1.53. The van der Waals surface area contributed by atoms with Gasteiger partial charge >= 0.3 is 0 Å². The SMILES string of the molecule is CCNC(=NCc1cccc(Cl)c1)NCCc1nc(-c2ccco2)n[nH]1. The molecule has 3 N–H and O–H groups in total. The van der Waals surface area contributed by atoms with Crippen molar-refractivity contribution in [2.45, 2.75) is 19.9 Å². The van der Waals surface area contributed by atoms with Crippen LogP contribution in [-0.2, 0) is 13.0 Å². The third kappa shape index (κ3) is 5.10. The zero-order chi connectivity index (χ0) is 18.2. The van der Waals surface area contributed by atoms with Crippen molar-refractivity contribution < 1.29 is 4.42 Å². The largest absolute Gasteiger partial charge is 0.461 e. The van der Waals surface area contributed by atoms with Crippen LogP contribution in [-0.4, -0.2) is 34.2 Å². The number of furan rings is 1. The molecule has 1 aromatic carbocycles. The first-order valence-corrected chi connectivity index (χ1v) is 8.84. The zero-order valence-corrected chi connectivity index (χ0v) is 15.3. The van der Waals surface area contributed by atoms with Crippen LogP contribution in [0.5, 0.6) is 0 Å². The Labute approximate surface area is 156 Å². The number of guanidine groups is 1. The lowest BCUT2D eigenvalue weighted by Crippen LogP contribution is -2.38.